The number of carbonyl (C=O) groups excluding carboxylic acids is 1. The van der Waals surface area contributed by atoms with Crippen LogP contribution in [0, 0.1) is 0 Å². The molecule has 1 aliphatic carbocycles. The molecule has 1 atom stereocenters. The van der Waals surface area contributed by atoms with Gasteiger partial charge in [0.1, 0.15) is 11.0 Å². The van der Waals surface area contributed by atoms with Gasteiger partial charge in [-0.2, -0.15) is 0 Å². The number of carbonyl (C=O) groups is 1. The minimum absolute atomic E-state index is 0.0228. The number of halogens is 1. The molecule has 1 amide bonds. The lowest BCUT2D eigenvalue weighted by atomic mass is 10.1. The van der Waals surface area contributed by atoms with Gasteiger partial charge in [-0.25, -0.2) is 4.98 Å². The summed E-state index contributed by atoms with van der Waals surface area (Å²) in [7, 11) is 1.59. The molecule has 1 saturated carbocycles. The van der Waals surface area contributed by atoms with Crippen molar-refractivity contribution in [1.29, 1.82) is 0 Å². The van der Waals surface area contributed by atoms with Crippen molar-refractivity contribution in [3.8, 4) is 17.1 Å². The van der Waals surface area contributed by atoms with E-state index in [0.717, 1.165) is 18.4 Å². The Hall–Kier alpha value is -2.51. The van der Waals surface area contributed by atoms with Crippen molar-refractivity contribution in [3.63, 3.8) is 0 Å². The number of amides is 1. The minimum Gasteiger partial charge on any atom is -0.496 e. The minimum atomic E-state index is -0.424. The second-order valence-electron chi connectivity index (χ2n) is 6.50. The van der Waals surface area contributed by atoms with Crippen LogP contribution in [0.2, 0.25) is 5.02 Å². The third kappa shape index (κ3) is 4.31. The molecular formula is C20H19ClN4O2S. The number of aromatic nitrogens is 3. The Kier molecular flexibility index (Phi) is 5.54. The van der Waals surface area contributed by atoms with Crippen LogP contribution in [0.4, 0.5) is 0 Å². The summed E-state index contributed by atoms with van der Waals surface area (Å²) in [6.07, 6.45) is 2.08. The van der Waals surface area contributed by atoms with Crippen molar-refractivity contribution in [2.45, 2.75) is 29.3 Å². The number of rotatable bonds is 7. The van der Waals surface area contributed by atoms with Gasteiger partial charge in [-0.3, -0.25) is 9.89 Å². The van der Waals surface area contributed by atoms with Gasteiger partial charge in [-0.1, -0.05) is 53.7 Å². The topological polar surface area (TPSA) is 79.9 Å². The van der Waals surface area contributed by atoms with E-state index in [1.807, 2.05) is 30.3 Å². The molecule has 6 nitrogen and oxygen atoms in total. The molecule has 0 aliphatic heterocycles. The molecule has 1 aliphatic rings. The zero-order chi connectivity index (χ0) is 19.5. The highest BCUT2D eigenvalue weighted by Crippen LogP contribution is 2.36. The molecule has 1 aromatic heterocycles. The van der Waals surface area contributed by atoms with Gasteiger partial charge in [0.2, 0.25) is 11.1 Å². The second kappa shape index (κ2) is 8.24. The fraction of sp³-hybridized carbons (Fsp3) is 0.250. The summed E-state index contributed by atoms with van der Waals surface area (Å²) in [6, 6.07) is 15.3. The summed E-state index contributed by atoms with van der Waals surface area (Å²) in [6.45, 7) is 0. The van der Waals surface area contributed by atoms with Gasteiger partial charge in [0.15, 0.2) is 5.82 Å². The summed E-state index contributed by atoms with van der Waals surface area (Å²) in [5, 5.41) is 10.9. The Morgan fingerprint density at radius 1 is 1.29 bits per heavy atom. The number of hydrogen-bond acceptors (Lipinski definition) is 5. The Bertz CT molecular complexity index is 975. The van der Waals surface area contributed by atoms with Crippen molar-refractivity contribution in [3.05, 3.63) is 59.1 Å². The van der Waals surface area contributed by atoms with Crippen molar-refractivity contribution in [1.82, 2.24) is 20.5 Å². The number of hydrogen-bond donors (Lipinski definition) is 2. The quantitative estimate of drug-likeness (QED) is 0.565. The molecule has 0 saturated heterocycles. The molecule has 0 spiro atoms. The molecule has 8 heteroatoms. The Morgan fingerprint density at radius 3 is 2.79 bits per heavy atom. The maximum Gasteiger partial charge on any atom is 0.238 e. The molecule has 144 valence electrons. The first-order valence-corrected chi connectivity index (χ1v) is 10.2. The number of aromatic amines is 1. The van der Waals surface area contributed by atoms with Gasteiger partial charge < -0.3 is 10.1 Å². The van der Waals surface area contributed by atoms with Crippen LogP contribution in [0.5, 0.6) is 5.75 Å². The first-order valence-electron chi connectivity index (χ1n) is 8.92. The van der Waals surface area contributed by atoms with E-state index in [1.54, 1.807) is 25.3 Å². The van der Waals surface area contributed by atoms with Crippen LogP contribution in [0.1, 0.15) is 23.7 Å². The van der Waals surface area contributed by atoms with E-state index in [4.69, 9.17) is 16.3 Å². The standard InChI is InChI=1S/C20H19ClN4O2S/c1-27-16-10-7-13(21)11-15(16)18-23-20(25-24-18)28-17(12-5-3-2-4-6-12)19(26)22-14-8-9-14/h2-7,10-11,14,17H,8-9H2,1H3,(H,22,26)(H,23,24,25)/t17-/m1/s1. The van der Waals surface area contributed by atoms with Gasteiger partial charge >= 0.3 is 0 Å². The lowest BCUT2D eigenvalue weighted by molar-refractivity contribution is -0.120. The van der Waals surface area contributed by atoms with Crippen molar-refractivity contribution < 1.29 is 9.53 Å². The first-order chi connectivity index (χ1) is 13.6. The molecule has 2 aromatic carbocycles. The monoisotopic (exact) mass is 414 g/mol. The lowest BCUT2D eigenvalue weighted by Gasteiger charge is -2.15. The van der Waals surface area contributed by atoms with Gasteiger partial charge in [0.25, 0.3) is 0 Å². The molecule has 4 rings (SSSR count). The summed E-state index contributed by atoms with van der Waals surface area (Å²) >= 11 is 7.43. The molecule has 1 fully saturated rings. The van der Waals surface area contributed by atoms with Crippen LogP contribution < -0.4 is 10.1 Å². The summed E-state index contributed by atoms with van der Waals surface area (Å²) in [5.74, 6) is 1.16. The van der Waals surface area contributed by atoms with Gasteiger partial charge in [-0.05, 0) is 36.6 Å². The molecular weight excluding hydrogens is 396 g/mol. The highest BCUT2D eigenvalue weighted by Gasteiger charge is 2.30. The van der Waals surface area contributed by atoms with Crippen molar-refractivity contribution >= 4 is 29.3 Å². The van der Waals surface area contributed by atoms with Crippen LogP contribution >= 0.6 is 23.4 Å². The predicted molar refractivity (Wildman–Crippen MR) is 110 cm³/mol. The average Bonchev–Trinajstić information content (AvgIpc) is 3.40. The summed E-state index contributed by atoms with van der Waals surface area (Å²) in [4.78, 5) is 17.3. The van der Waals surface area contributed by atoms with E-state index >= 15 is 0 Å². The Balaban J connectivity index is 1.60. The molecule has 0 bridgehead atoms. The van der Waals surface area contributed by atoms with E-state index in [0.29, 0.717) is 27.3 Å². The van der Waals surface area contributed by atoms with E-state index in [-0.39, 0.29) is 11.9 Å². The Morgan fingerprint density at radius 2 is 2.07 bits per heavy atom. The lowest BCUT2D eigenvalue weighted by Crippen LogP contribution is -2.29. The number of thioether (sulfide) groups is 1. The average molecular weight is 415 g/mol. The van der Waals surface area contributed by atoms with Crippen LogP contribution in [0.3, 0.4) is 0 Å². The smallest absolute Gasteiger partial charge is 0.238 e. The number of benzene rings is 2. The van der Waals surface area contributed by atoms with Gasteiger partial charge in [0.05, 0.1) is 12.7 Å². The van der Waals surface area contributed by atoms with E-state index in [2.05, 4.69) is 20.5 Å². The largest absolute Gasteiger partial charge is 0.496 e. The molecule has 0 unspecified atom stereocenters. The van der Waals surface area contributed by atoms with Crippen molar-refractivity contribution in [2.75, 3.05) is 7.11 Å². The SMILES string of the molecule is COc1ccc(Cl)cc1-c1nc(S[C@@H](C(=O)NC2CC2)c2ccccc2)n[nH]1. The third-order valence-corrected chi connectivity index (χ3v) is 5.72. The van der Waals surface area contributed by atoms with Gasteiger partial charge in [-0.15, -0.1) is 5.10 Å². The van der Waals surface area contributed by atoms with Gasteiger partial charge in [0, 0.05) is 11.1 Å². The highest BCUT2D eigenvalue weighted by molar-refractivity contribution is 8.00. The van der Waals surface area contributed by atoms with Crippen LogP contribution in [0.15, 0.2) is 53.7 Å². The molecule has 0 radical (unpaired) electrons. The van der Waals surface area contributed by atoms with E-state index in [9.17, 15) is 4.79 Å². The van der Waals surface area contributed by atoms with E-state index in [1.165, 1.54) is 11.8 Å². The van der Waals surface area contributed by atoms with Crippen LogP contribution in [-0.2, 0) is 4.79 Å². The third-order valence-electron chi connectivity index (χ3n) is 4.37. The zero-order valence-electron chi connectivity index (χ0n) is 15.2. The van der Waals surface area contributed by atoms with Crippen LogP contribution in [0.25, 0.3) is 11.4 Å². The van der Waals surface area contributed by atoms with E-state index < -0.39 is 5.25 Å². The zero-order valence-corrected chi connectivity index (χ0v) is 16.8. The fourth-order valence-corrected chi connectivity index (χ4v) is 3.89. The number of H-pyrrole nitrogens is 1. The number of nitrogens with zero attached hydrogens (tertiary/aromatic N) is 2. The second-order valence-corrected chi connectivity index (χ2v) is 8.01. The molecule has 1 heterocycles. The number of methoxy groups -OCH3 is 1. The first kappa shape index (κ1) is 18.8. The Labute approximate surface area is 172 Å². The number of nitrogens with one attached hydrogen (secondary N) is 2. The fourth-order valence-electron chi connectivity index (χ4n) is 2.80. The highest BCUT2D eigenvalue weighted by atomic mass is 35.5. The summed E-state index contributed by atoms with van der Waals surface area (Å²) < 4.78 is 5.39. The normalized spacial score (nSPS) is 14.5. The maximum absolute atomic E-state index is 12.8. The van der Waals surface area contributed by atoms with Crippen molar-refractivity contribution in [2.24, 2.45) is 0 Å². The molecule has 2 N–H and O–H groups in total. The van der Waals surface area contributed by atoms with Crippen LogP contribution in [-0.4, -0.2) is 34.2 Å². The number of ether oxygens (including phenoxy) is 1. The molecule has 28 heavy (non-hydrogen) atoms. The maximum atomic E-state index is 12.8. The summed E-state index contributed by atoms with van der Waals surface area (Å²) in [5.41, 5.74) is 1.63. The molecule has 3 aromatic rings. The predicted octanol–water partition coefficient (Wildman–Crippen LogP) is 4.25.